The highest BCUT2D eigenvalue weighted by Gasteiger charge is 2.29. The minimum Gasteiger partial charge on any atom is -0.493 e. The highest BCUT2D eigenvalue weighted by Crippen LogP contribution is 2.34. The maximum atomic E-state index is 13.7. The number of carbonyl (C=O) groups excluding carboxylic acids is 1. The molecule has 0 radical (unpaired) electrons. The van der Waals surface area contributed by atoms with Gasteiger partial charge in [0.05, 0.1) is 23.5 Å². The minimum atomic E-state index is -2.65. The van der Waals surface area contributed by atoms with Crippen LogP contribution >= 0.6 is 11.6 Å². The smallest absolute Gasteiger partial charge is 0.272 e. The first-order chi connectivity index (χ1) is 17.7. The first-order valence-corrected chi connectivity index (χ1v) is 12.2. The minimum absolute atomic E-state index is 0.0167. The maximum absolute atomic E-state index is 13.7. The molecule has 0 fully saturated rings. The molecule has 1 unspecified atom stereocenters. The van der Waals surface area contributed by atoms with Gasteiger partial charge in [-0.15, -0.1) is 0 Å². The van der Waals surface area contributed by atoms with Gasteiger partial charge in [-0.3, -0.25) is 4.79 Å². The van der Waals surface area contributed by atoms with E-state index in [9.17, 15) is 23.1 Å². The highest BCUT2D eigenvalue weighted by molar-refractivity contribution is 6.31. The molecule has 0 spiro atoms. The molecule has 6 nitrogen and oxygen atoms in total. The number of hydrogen-bond donors (Lipinski definition) is 2. The summed E-state index contributed by atoms with van der Waals surface area (Å²) in [4.78, 5) is 17.5. The van der Waals surface area contributed by atoms with Crippen molar-refractivity contribution in [2.75, 3.05) is 13.7 Å². The fraction of sp³-hybridized carbons (Fsp3) is 0.357. The molecular formula is C28H30ClF3N2O4. The van der Waals surface area contributed by atoms with Gasteiger partial charge in [-0.25, -0.2) is 18.2 Å². The van der Waals surface area contributed by atoms with Gasteiger partial charge in [-0.2, -0.15) is 0 Å². The van der Waals surface area contributed by atoms with Crippen LogP contribution in [0.3, 0.4) is 0 Å². The molecule has 3 rings (SSSR count). The molecule has 1 atom stereocenters. The predicted molar refractivity (Wildman–Crippen MR) is 139 cm³/mol. The van der Waals surface area contributed by atoms with Crippen molar-refractivity contribution in [3.05, 3.63) is 76.2 Å². The lowest BCUT2D eigenvalue weighted by Gasteiger charge is -2.27. The molecule has 0 bridgehead atoms. The Morgan fingerprint density at radius 2 is 1.82 bits per heavy atom. The average molecular weight is 551 g/mol. The Morgan fingerprint density at radius 1 is 1.11 bits per heavy atom. The number of ketones is 1. The summed E-state index contributed by atoms with van der Waals surface area (Å²) >= 11 is 5.96. The zero-order valence-electron chi connectivity index (χ0n) is 21.5. The van der Waals surface area contributed by atoms with Crippen LogP contribution in [-0.4, -0.2) is 36.0 Å². The van der Waals surface area contributed by atoms with Crippen LogP contribution in [0.15, 0.2) is 48.5 Å². The van der Waals surface area contributed by atoms with E-state index in [0.717, 1.165) is 0 Å². The van der Waals surface area contributed by atoms with Crippen LogP contribution in [0.1, 0.15) is 55.2 Å². The van der Waals surface area contributed by atoms with E-state index in [2.05, 4.69) is 4.98 Å². The van der Waals surface area contributed by atoms with Gasteiger partial charge in [-0.1, -0.05) is 11.6 Å². The van der Waals surface area contributed by atoms with E-state index >= 15 is 0 Å². The van der Waals surface area contributed by atoms with Crippen LogP contribution in [0.25, 0.3) is 11.3 Å². The Bertz CT molecular complexity index is 1310. The molecule has 38 heavy (non-hydrogen) atoms. The number of aromatic nitrogens is 1. The summed E-state index contributed by atoms with van der Waals surface area (Å²) in [7, 11) is 1.34. The summed E-state index contributed by atoms with van der Waals surface area (Å²) in [5.74, 6) is -0.632. The van der Waals surface area contributed by atoms with Crippen LogP contribution in [0.4, 0.5) is 13.2 Å². The van der Waals surface area contributed by atoms with E-state index in [1.165, 1.54) is 43.5 Å². The summed E-state index contributed by atoms with van der Waals surface area (Å²) in [6, 6.07) is 11.9. The number of pyridine rings is 1. The number of ether oxygens (including phenoxy) is 2. The molecule has 2 aromatic carbocycles. The lowest BCUT2D eigenvalue weighted by molar-refractivity contribution is 0.0396. The SMILES string of the molecule is COc1cc(C(=O)CCC(C)(O)c2cc(C(C)(C)N)cc(-c3ccc(F)c(Cl)c3)n2)ccc1OCC(F)F. The van der Waals surface area contributed by atoms with Gasteiger partial charge in [0, 0.05) is 23.1 Å². The molecule has 10 heteroatoms. The second-order valence-electron chi connectivity index (χ2n) is 9.74. The largest absolute Gasteiger partial charge is 0.493 e. The Kier molecular flexibility index (Phi) is 9.07. The van der Waals surface area contributed by atoms with E-state index in [1.54, 1.807) is 32.9 Å². The zero-order chi connectivity index (χ0) is 28.3. The van der Waals surface area contributed by atoms with Gasteiger partial charge < -0.3 is 20.3 Å². The fourth-order valence-corrected chi connectivity index (χ4v) is 3.90. The monoisotopic (exact) mass is 550 g/mol. The molecule has 0 aliphatic rings. The molecule has 3 aromatic rings. The zero-order valence-corrected chi connectivity index (χ0v) is 22.3. The van der Waals surface area contributed by atoms with Crippen LogP contribution < -0.4 is 15.2 Å². The number of nitrogens with two attached hydrogens (primary N) is 1. The molecule has 0 saturated heterocycles. The molecule has 0 aliphatic carbocycles. The normalized spacial score (nSPS) is 13.3. The first-order valence-electron chi connectivity index (χ1n) is 11.8. The summed E-state index contributed by atoms with van der Waals surface area (Å²) in [5, 5.41) is 11.3. The molecule has 3 N–H and O–H groups in total. The van der Waals surface area contributed by atoms with Gasteiger partial charge in [0.2, 0.25) is 0 Å². The standard InChI is InChI=1S/C28H30ClF3N2O4/c1-27(2,33)18-13-21(16-5-7-20(30)19(29)11-16)34-25(14-18)28(3,36)10-9-22(35)17-6-8-23(24(12-17)37-4)38-15-26(31)32/h5-8,11-14,26,36H,9-10,15,33H2,1-4H3. The van der Waals surface area contributed by atoms with E-state index in [1.807, 2.05) is 0 Å². The molecule has 1 heterocycles. The second-order valence-corrected chi connectivity index (χ2v) is 10.1. The van der Waals surface area contributed by atoms with Gasteiger partial charge in [-0.05, 0) is 81.3 Å². The number of rotatable bonds is 11. The average Bonchev–Trinajstić information content (AvgIpc) is 2.86. The predicted octanol–water partition coefficient (Wildman–Crippen LogP) is 6.26. The van der Waals surface area contributed by atoms with Crippen molar-refractivity contribution in [2.45, 2.75) is 51.2 Å². The van der Waals surface area contributed by atoms with E-state index in [4.69, 9.17) is 26.8 Å². The number of hydrogen-bond acceptors (Lipinski definition) is 6. The number of methoxy groups -OCH3 is 1. The summed E-state index contributed by atoms with van der Waals surface area (Å²) in [6.45, 7) is 4.34. The maximum Gasteiger partial charge on any atom is 0.272 e. The molecule has 0 saturated carbocycles. The molecular weight excluding hydrogens is 521 g/mol. The quantitative estimate of drug-likeness (QED) is 0.274. The lowest BCUT2D eigenvalue weighted by Crippen LogP contribution is -2.31. The molecule has 204 valence electrons. The van der Waals surface area contributed by atoms with Crippen LogP contribution in [-0.2, 0) is 11.1 Å². The van der Waals surface area contributed by atoms with Crippen molar-refractivity contribution < 1.29 is 32.5 Å². The third-order valence-corrected chi connectivity index (χ3v) is 6.32. The van der Waals surface area contributed by atoms with Crippen LogP contribution in [0.5, 0.6) is 11.5 Å². The third-order valence-electron chi connectivity index (χ3n) is 6.03. The Balaban J connectivity index is 1.86. The van der Waals surface area contributed by atoms with Crippen LogP contribution in [0.2, 0.25) is 5.02 Å². The Labute approximate surface area is 224 Å². The summed E-state index contributed by atoms with van der Waals surface area (Å²) < 4.78 is 48.9. The van der Waals surface area contributed by atoms with Gasteiger partial charge in [0.25, 0.3) is 6.43 Å². The van der Waals surface area contributed by atoms with Crippen molar-refractivity contribution in [3.8, 4) is 22.8 Å². The van der Waals surface area contributed by atoms with E-state index < -0.39 is 30.0 Å². The lowest BCUT2D eigenvalue weighted by atomic mass is 9.88. The number of benzene rings is 2. The molecule has 1 aromatic heterocycles. The number of Topliss-reactive ketones (excluding diaryl/α,β-unsaturated/α-hetero) is 1. The summed E-state index contributed by atoms with van der Waals surface area (Å²) in [6.07, 6.45) is -2.69. The van der Waals surface area contributed by atoms with E-state index in [0.29, 0.717) is 16.8 Å². The number of aliphatic hydroxyl groups is 1. The molecule has 0 amide bonds. The fourth-order valence-electron chi connectivity index (χ4n) is 3.72. The Hall–Kier alpha value is -3.14. The number of alkyl halides is 2. The highest BCUT2D eigenvalue weighted by atomic mass is 35.5. The number of nitrogens with zero attached hydrogens (tertiary/aromatic N) is 1. The second kappa shape index (κ2) is 11.7. The van der Waals surface area contributed by atoms with Crippen molar-refractivity contribution in [2.24, 2.45) is 5.73 Å². The number of carbonyl (C=O) groups is 1. The van der Waals surface area contributed by atoms with Crippen molar-refractivity contribution in [1.82, 2.24) is 4.98 Å². The van der Waals surface area contributed by atoms with Gasteiger partial charge >= 0.3 is 0 Å². The first kappa shape index (κ1) is 29.4. The van der Waals surface area contributed by atoms with Crippen molar-refractivity contribution in [1.29, 1.82) is 0 Å². The van der Waals surface area contributed by atoms with Crippen molar-refractivity contribution >= 4 is 17.4 Å². The topological polar surface area (TPSA) is 94.7 Å². The van der Waals surface area contributed by atoms with Gasteiger partial charge in [0.15, 0.2) is 17.3 Å². The molecule has 0 aliphatic heterocycles. The number of halogens is 4. The van der Waals surface area contributed by atoms with Crippen LogP contribution in [0, 0.1) is 5.82 Å². The van der Waals surface area contributed by atoms with Gasteiger partial charge in [0.1, 0.15) is 18.0 Å². The third kappa shape index (κ3) is 7.24. The Morgan fingerprint density at radius 3 is 2.42 bits per heavy atom. The van der Waals surface area contributed by atoms with Crippen molar-refractivity contribution in [3.63, 3.8) is 0 Å². The summed E-state index contributed by atoms with van der Waals surface area (Å²) in [5.41, 5.74) is 6.23. The van der Waals surface area contributed by atoms with E-state index in [-0.39, 0.29) is 46.4 Å².